The van der Waals surface area contributed by atoms with E-state index in [1.807, 2.05) is 11.2 Å². The molecule has 0 aromatic heterocycles. The summed E-state index contributed by atoms with van der Waals surface area (Å²) in [6.07, 6.45) is 2.68. The Bertz CT molecular complexity index is 142. The summed E-state index contributed by atoms with van der Waals surface area (Å²) in [5, 5.41) is 3.13. The zero-order valence-corrected chi connectivity index (χ0v) is 5.71. The molecule has 55 valence electrons. The molecule has 2 heterocycles. The van der Waals surface area contributed by atoms with E-state index in [4.69, 9.17) is 4.74 Å². The van der Waals surface area contributed by atoms with Crippen LogP contribution in [0, 0.1) is 6.35 Å². The number of hydrogen-bond acceptors (Lipinski definition) is 4. The quantitative estimate of drug-likeness (QED) is 0.528. The minimum atomic E-state index is 0.777. The summed E-state index contributed by atoms with van der Waals surface area (Å²) in [7, 11) is 0. The lowest BCUT2D eigenvalue weighted by Gasteiger charge is -2.18. The van der Waals surface area contributed by atoms with Gasteiger partial charge in [-0.15, -0.1) is 0 Å². The molecular formula is C6H10N3O. The lowest BCUT2D eigenvalue weighted by Crippen LogP contribution is -2.33. The van der Waals surface area contributed by atoms with Gasteiger partial charge in [-0.2, -0.15) is 0 Å². The van der Waals surface area contributed by atoms with Crippen LogP contribution in [0.4, 0.5) is 0 Å². The Morgan fingerprint density at radius 1 is 1.70 bits per heavy atom. The Balaban J connectivity index is 1.91. The van der Waals surface area contributed by atoms with Crippen molar-refractivity contribution in [3.05, 3.63) is 6.35 Å². The predicted molar refractivity (Wildman–Crippen MR) is 37.3 cm³/mol. The van der Waals surface area contributed by atoms with Gasteiger partial charge in [-0.3, -0.25) is 10.3 Å². The number of aliphatic imine (C=N–C) groups is 1. The minimum Gasteiger partial charge on any atom is -0.336 e. The van der Waals surface area contributed by atoms with E-state index in [0.29, 0.717) is 0 Å². The van der Waals surface area contributed by atoms with Crippen molar-refractivity contribution in [2.45, 2.75) is 0 Å². The second kappa shape index (κ2) is 2.56. The first-order valence-electron chi connectivity index (χ1n) is 3.47. The maximum Gasteiger partial charge on any atom is 0.264 e. The van der Waals surface area contributed by atoms with Gasteiger partial charge < -0.3 is 9.64 Å². The van der Waals surface area contributed by atoms with Gasteiger partial charge in [-0.1, -0.05) is 0 Å². The van der Waals surface area contributed by atoms with Gasteiger partial charge in [0.15, 0.2) is 0 Å². The molecule has 4 nitrogen and oxygen atoms in total. The van der Waals surface area contributed by atoms with Crippen molar-refractivity contribution in [2.75, 3.05) is 26.2 Å². The molecule has 1 N–H and O–H groups in total. The topological polar surface area (TPSA) is 36.9 Å². The van der Waals surface area contributed by atoms with Crippen LogP contribution in [0.5, 0.6) is 0 Å². The minimum absolute atomic E-state index is 0.777. The summed E-state index contributed by atoms with van der Waals surface area (Å²) in [5.41, 5.74) is 0. The molecule has 0 aromatic rings. The maximum absolute atomic E-state index is 5.28. The fourth-order valence-corrected chi connectivity index (χ4v) is 1.07. The van der Waals surface area contributed by atoms with Crippen molar-refractivity contribution < 1.29 is 4.74 Å². The maximum atomic E-state index is 5.28. The lowest BCUT2D eigenvalue weighted by atomic mass is 10.6. The second-order valence-electron chi connectivity index (χ2n) is 2.30. The number of hydrogen-bond donors (Lipinski definition) is 1. The molecule has 0 bridgehead atoms. The van der Waals surface area contributed by atoms with Crippen LogP contribution < -0.4 is 5.32 Å². The van der Waals surface area contributed by atoms with Gasteiger partial charge in [-0.05, 0) is 0 Å². The molecule has 1 radical (unpaired) electrons. The van der Waals surface area contributed by atoms with E-state index in [1.54, 1.807) is 0 Å². The zero-order chi connectivity index (χ0) is 6.81. The van der Waals surface area contributed by atoms with Gasteiger partial charge in [0.2, 0.25) is 0 Å². The van der Waals surface area contributed by atoms with Gasteiger partial charge in [0, 0.05) is 13.1 Å². The number of nitrogens with zero attached hydrogens (tertiary/aromatic N) is 2. The van der Waals surface area contributed by atoms with Crippen LogP contribution in [-0.2, 0) is 4.74 Å². The summed E-state index contributed by atoms with van der Waals surface area (Å²) < 4.78 is 5.28. The van der Waals surface area contributed by atoms with Crippen molar-refractivity contribution in [2.24, 2.45) is 4.99 Å². The highest BCUT2D eigenvalue weighted by Gasteiger charge is 2.23. The van der Waals surface area contributed by atoms with Gasteiger partial charge >= 0.3 is 0 Å². The van der Waals surface area contributed by atoms with Gasteiger partial charge in [0.1, 0.15) is 0 Å². The average molecular weight is 140 g/mol. The van der Waals surface area contributed by atoms with Crippen LogP contribution >= 0.6 is 0 Å². The van der Waals surface area contributed by atoms with Gasteiger partial charge in [-0.25, -0.2) is 0 Å². The Hall–Kier alpha value is -0.610. The normalized spacial score (nSPS) is 26.6. The van der Waals surface area contributed by atoms with E-state index in [2.05, 4.69) is 10.3 Å². The van der Waals surface area contributed by atoms with Crippen LogP contribution in [-0.4, -0.2) is 37.5 Å². The first kappa shape index (κ1) is 6.12. The fourth-order valence-electron chi connectivity index (χ4n) is 1.07. The van der Waals surface area contributed by atoms with Crippen LogP contribution in [0.1, 0.15) is 0 Å². The Labute approximate surface area is 59.9 Å². The van der Waals surface area contributed by atoms with Crippen LogP contribution in [0.15, 0.2) is 4.99 Å². The molecule has 0 aromatic carbocycles. The second-order valence-corrected chi connectivity index (χ2v) is 2.30. The van der Waals surface area contributed by atoms with E-state index in [0.717, 1.165) is 32.6 Å². The van der Waals surface area contributed by atoms with Crippen molar-refractivity contribution in [1.82, 2.24) is 10.2 Å². The fraction of sp³-hybridized carbons (Fsp3) is 0.667. The Morgan fingerprint density at radius 3 is 3.30 bits per heavy atom. The SMILES string of the molecule is C1=NCCN1[C]1NCCO1. The summed E-state index contributed by atoms with van der Waals surface area (Å²) >= 11 is 0. The molecule has 4 heteroatoms. The molecule has 1 fully saturated rings. The smallest absolute Gasteiger partial charge is 0.264 e. The number of nitrogens with one attached hydrogen (secondary N) is 1. The monoisotopic (exact) mass is 140 g/mol. The third kappa shape index (κ3) is 0.998. The molecule has 0 amide bonds. The lowest BCUT2D eigenvalue weighted by molar-refractivity contribution is 0.117. The highest BCUT2D eigenvalue weighted by atomic mass is 16.5. The highest BCUT2D eigenvalue weighted by Crippen LogP contribution is 2.10. The molecule has 2 aliphatic heterocycles. The first-order valence-corrected chi connectivity index (χ1v) is 3.47. The van der Waals surface area contributed by atoms with E-state index in [-0.39, 0.29) is 0 Å². The van der Waals surface area contributed by atoms with Crippen LogP contribution in [0.3, 0.4) is 0 Å². The summed E-state index contributed by atoms with van der Waals surface area (Å²) in [6.45, 7) is 3.52. The Kier molecular flexibility index (Phi) is 1.56. The number of ether oxygens (including phenoxy) is 1. The highest BCUT2D eigenvalue weighted by molar-refractivity contribution is 5.58. The van der Waals surface area contributed by atoms with Crippen molar-refractivity contribution in [3.63, 3.8) is 0 Å². The summed E-state index contributed by atoms with van der Waals surface area (Å²) in [4.78, 5) is 6.06. The Morgan fingerprint density at radius 2 is 2.70 bits per heavy atom. The first-order chi connectivity index (χ1) is 4.97. The summed E-state index contributed by atoms with van der Waals surface area (Å²) in [6, 6.07) is 0. The number of rotatable bonds is 1. The molecule has 0 saturated carbocycles. The van der Waals surface area contributed by atoms with Crippen LogP contribution in [0.25, 0.3) is 0 Å². The van der Waals surface area contributed by atoms with Gasteiger partial charge in [0.25, 0.3) is 6.35 Å². The third-order valence-corrected chi connectivity index (χ3v) is 1.57. The summed E-state index contributed by atoms with van der Waals surface area (Å²) in [5.74, 6) is 0. The molecule has 0 unspecified atom stereocenters. The van der Waals surface area contributed by atoms with E-state index >= 15 is 0 Å². The molecule has 2 rings (SSSR count). The predicted octanol–water partition coefficient (Wildman–Crippen LogP) is -0.603. The molecule has 2 aliphatic rings. The van der Waals surface area contributed by atoms with E-state index in [9.17, 15) is 0 Å². The molecule has 0 atom stereocenters. The molecule has 0 spiro atoms. The van der Waals surface area contributed by atoms with Crippen LogP contribution in [0.2, 0.25) is 0 Å². The molecule has 10 heavy (non-hydrogen) atoms. The van der Waals surface area contributed by atoms with Crippen molar-refractivity contribution in [3.8, 4) is 0 Å². The van der Waals surface area contributed by atoms with Gasteiger partial charge in [0.05, 0.1) is 19.5 Å². The van der Waals surface area contributed by atoms with E-state index in [1.165, 1.54) is 0 Å². The van der Waals surface area contributed by atoms with Crippen molar-refractivity contribution >= 4 is 6.34 Å². The van der Waals surface area contributed by atoms with E-state index < -0.39 is 0 Å². The zero-order valence-electron chi connectivity index (χ0n) is 5.71. The molecule has 0 aliphatic carbocycles. The largest absolute Gasteiger partial charge is 0.336 e. The standard InChI is InChI=1S/C6H10N3O/c1-3-9(5-7-1)6-8-2-4-10-6/h5,8H,1-4H2. The molecule has 1 saturated heterocycles. The average Bonchev–Trinajstić information content (AvgIpc) is 2.59. The van der Waals surface area contributed by atoms with Crippen molar-refractivity contribution in [1.29, 1.82) is 0 Å². The third-order valence-electron chi connectivity index (χ3n) is 1.57. The molecular weight excluding hydrogens is 130 g/mol.